The van der Waals surface area contributed by atoms with Crippen molar-refractivity contribution in [3.8, 4) is 0 Å². The van der Waals surface area contributed by atoms with Crippen LogP contribution in [0.3, 0.4) is 0 Å². The van der Waals surface area contributed by atoms with Crippen LogP contribution in [0.25, 0.3) is 0 Å². The summed E-state index contributed by atoms with van der Waals surface area (Å²) in [6, 6.07) is 0.209. The molecular weight excluding hydrogens is 252 g/mol. The van der Waals surface area contributed by atoms with Gasteiger partial charge in [-0.3, -0.25) is 0 Å². The van der Waals surface area contributed by atoms with Gasteiger partial charge >= 0.3 is 0 Å². The van der Waals surface area contributed by atoms with Crippen LogP contribution in [0.4, 0.5) is 11.6 Å². The fraction of sp³-hybridized carbons (Fsp3) is 0.733. The van der Waals surface area contributed by atoms with Gasteiger partial charge in [-0.15, -0.1) is 0 Å². The maximum Gasteiger partial charge on any atom is 0.138 e. The van der Waals surface area contributed by atoms with E-state index in [9.17, 15) is 0 Å². The molecule has 1 unspecified atom stereocenters. The van der Waals surface area contributed by atoms with Crippen molar-refractivity contribution in [3.63, 3.8) is 0 Å². The zero-order valence-corrected chi connectivity index (χ0v) is 13.8. The van der Waals surface area contributed by atoms with Crippen LogP contribution in [0, 0.1) is 6.92 Å². The van der Waals surface area contributed by atoms with Crippen LogP contribution in [-0.4, -0.2) is 36.3 Å². The molecule has 20 heavy (non-hydrogen) atoms. The van der Waals surface area contributed by atoms with Crippen molar-refractivity contribution in [3.05, 3.63) is 11.4 Å². The summed E-state index contributed by atoms with van der Waals surface area (Å²) in [5, 5.41) is 6.56. The Hall–Kier alpha value is -1.36. The zero-order valence-electron chi connectivity index (χ0n) is 13.8. The molecule has 0 amide bonds. The second kappa shape index (κ2) is 6.88. The number of anilines is 2. The predicted molar refractivity (Wildman–Crippen MR) is 84.6 cm³/mol. The minimum atomic E-state index is -0.0844. The second-order valence-corrected chi connectivity index (χ2v) is 6.07. The van der Waals surface area contributed by atoms with E-state index >= 15 is 0 Å². The van der Waals surface area contributed by atoms with Gasteiger partial charge in [0.2, 0.25) is 0 Å². The number of hydrogen-bond acceptors (Lipinski definition) is 5. The van der Waals surface area contributed by atoms with E-state index in [0.717, 1.165) is 29.6 Å². The number of nitrogens with zero attached hydrogens (tertiary/aromatic N) is 2. The standard InChI is InChI=1S/C15H28N4O/c1-8-20-9-10(2)17-13-11(3)12(16-7)18-14(19-13)15(4,5)6/h10H,8-9H2,1-7H3,(H2,16,17,18,19). The molecule has 5 nitrogen and oxygen atoms in total. The normalized spacial score (nSPS) is 13.2. The summed E-state index contributed by atoms with van der Waals surface area (Å²) in [5.41, 5.74) is 0.947. The third-order valence-corrected chi connectivity index (χ3v) is 3.01. The van der Waals surface area contributed by atoms with Gasteiger partial charge in [-0.25, -0.2) is 9.97 Å². The van der Waals surface area contributed by atoms with Crippen LogP contribution in [0.15, 0.2) is 0 Å². The molecule has 0 aromatic carbocycles. The summed E-state index contributed by atoms with van der Waals surface area (Å²) in [5.74, 6) is 2.58. The quantitative estimate of drug-likeness (QED) is 0.839. The number of rotatable bonds is 6. The van der Waals surface area contributed by atoms with Crippen molar-refractivity contribution in [2.45, 2.75) is 53.0 Å². The Balaban J connectivity index is 3.05. The molecule has 1 heterocycles. The van der Waals surface area contributed by atoms with Gasteiger partial charge in [0, 0.05) is 30.7 Å². The summed E-state index contributed by atoms with van der Waals surface area (Å²) in [7, 11) is 1.88. The third-order valence-electron chi connectivity index (χ3n) is 3.01. The highest BCUT2D eigenvalue weighted by Crippen LogP contribution is 2.26. The average Bonchev–Trinajstić information content (AvgIpc) is 2.37. The van der Waals surface area contributed by atoms with Crippen LogP contribution in [-0.2, 0) is 10.2 Å². The highest BCUT2D eigenvalue weighted by molar-refractivity contribution is 5.57. The van der Waals surface area contributed by atoms with Crippen LogP contribution < -0.4 is 10.6 Å². The van der Waals surface area contributed by atoms with Gasteiger partial charge in [-0.05, 0) is 20.8 Å². The molecule has 5 heteroatoms. The predicted octanol–water partition coefficient (Wildman–Crippen LogP) is 2.96. The van der Waals surface area contributed by atoms with Crippen LogP contribution in [0.5, 0.6) is 0 Å². The Morgan fingerprint density at radius 3 is 2.30 bits per heavy atom. The minimum Gasteiger partial charge on any atom is -0.380 e. The molecule has 0 radical (unpaired) electrons. The third kappa shape index (κ3) is 4.34. The van der Waals surface area contributed by atoms with Gasteiger partial charge in [0.25, 0.3) is 0 Å². The summed E-state index contributed by atoms with van der Waals surface area (Å²) in [6.07, 6.45) is 0. The van der Waals surface area contributed by atoms with Crippen LogP contribution >= 0.6 is 0 Å². The lowest BCUT2D eigenvalue weighted by Crippen LogP contribution is -2.25. The van der Waals surface area contributed by atoms with E-state index in [1.165, 1.54) is 0 Å². The number of aromatic nitrogens is 2. The van der Waals surface area contributed by atoms with Crippen LogP contribution in [0.1, 0.15) is 46.0 Å². The van der Waals surface area contributed by atoms with Gasteiger partial charge in [0.1, 0.15) is 17.5 Å². The van der Waals surface area contributed by atoms with E-state index in [0.29, 0.717) is 6.61 Å². The number of ether oxygens (including phenoxy) is 1. The Bertz CT molecular complexity index is 440. The lowest BCUT2D eigenvalue weighted by molar-refractivity contribution is 0.141. The van der Waals surface area contributed by atoms with Crippen molar-refractivity contribution in [1.29, 1.82) is 0 Å². The summed E-state index contributed by atoms with van der Waals surface area (Å²) >= 11 is 0. The minimum absolute atomic E-state index is 0.0844. The van der Waals surface area contributed by atoms with E-state index in [4.69, 9.17) is 4.74 Å². The first-order chi connectivity index (χ1) is 9.29. The lowest BCUT2D eigenvalue weighted by Gasteiger charge is -2.22. The van der Waals surface area contributed by atoms with Crippen molar-refractivity contribution in [1.82, 2.24) is 9.97 Å². The molecule has 0 bridgehead atoms. The number of hydrogen-bond donors (Lipinski definition) is 2. The molecule has 0 aliphatic heterocycles. The SMILES string of the molecule is CCOCC(C)Nc1nc(C(C)(C)C)nc(NC)c1C. The van der Waals surface area contributed by atoms with Gasteiger partial charge in [0.05, 0.1) is 6.61 Å². The molecule has 2 N–H and O–H groups in total. The Morgan fingerprint density at radius 1 is 1.20 bits per heavy atom. The van der Waals surface area contributed by atoms with E-state index in [2.05, 4.69) is 48.3 Å². The molecule has 1 atom stereocenters. The molecule has 1 aromatic rings. The Morgan fingerprint density at radius 2 is 1.80 bits per heavy atom. The maximum atomic E-state index is 5.44. The van der Waals surface area contributed by atoms with Crippen molar-refractivity contribution in [2.75, 3.05) is 30.9 Å². The van der Waals surface area contributed by atoms with Crippen LogP contribution in [0.2, 0.25) is 0 Å². The fourth-order valence-electron chi connectivity index (χ4n) is 1.81. The fourth-order valence-corrected chi connectivity index (χ4v) is 1.81. The first-order valence-corrected chi connectivity index (χ1v) is 7.20. The summed E-state index contributed by atoms with van der Waals surface area (Å²) in [6.45, 7) is 13.9. The van der Waals surface area contributed by atoms with E-state index in [1.54, 1.807) is 0 Å². The topological polar surface area (TPSA) is 59.1 Å². The van der Waals surface area contributed by atoms with E-state index < -0.39 is 0 Å². The maximum absolute atomic E-state index is 5.44. The van der Waals surface area contributed by atoms with Crippen molar-refractivity contribution in [2.24, 2.45) is 0 Å². The largest absolute Gasteiger partial charge is 0.380 e. The van der Waals surface area contributed by atoms with Gasteiger partial charge in [-0.2, -0.15) is 0 Å². The Labute approximate surface area is 122 Å². The monoisotopic (exact) mass is 280 g/mol. The first-order valence-electron chi connectivity index (χ1n) is 7.20. The molecule has 0 saturated carbocycles. The van der Waals surface area contributed by atoms with E-state index in [-0.39, 0.29) is 11.5 Å². The lowest BCUT2D eigenvalue weighted by atomic mass is 9.95. The molecule has 1 rings (SSSR count). The molecule has 0 fully saturated rings. The summed E-state index contributed by atoms with van der Waals surface area (Å²) in [4.78, 5) is 9.28. The smallest absolute Gasteiger partial charge is 0.138 e. The average molecular weight is 280 g/mol. The molecule has 0 aliphatic rings. The molecule has 1 aromatic heterocycles. The van der Waals surface area contributed by atoms with Gasteiger partial charge in [0.15, 0.2) is 0 Å². The van der Waals surface area contributed by atoms with Gasteiger partial charge in [-0.1, -0.05) is 20.8 Å². The van der Waals surface area contributed by atoms with Crippen molar-refractivity contribution < 1.29 is 4.74 Å². The van der Waals surface area contributed by atoms with Crippen molar-refractivity contribution >= 4 is 11.6 Å². The highest BCUT2D eigenvalue weighted by Gasteiger charge is 2.21. The molecule has 0 saturated heterocycles. The number of nitrogens with one attached hydrogen (secondary N) is 2. The molecule has 114 valence electrons. The molecule has 0 aliphatic carbocycles. The molecule has 0 spiro atoms. The Kier molecular flexibility index (Phi) is 5.74. The summed E-state index contributed by atoms with van der Waals surface area (Å²) < 4.78 is 5.44. The second-order valence-electron chi connectivity index (χ2n) is 6.07. The highest BCUT2D eigenvalue weighted by atomic mass is 16.5. The zero-order chi connectivity index (χ0) is 15.3. The molecular formula is C15H28N4O. The van der Waals surface area contributed by atoms with E-state index in [1.807, 2.05) is 20.9 Å². The van der Waals surface area contributed by atoms with Gasteiger partial charge < -0.3 is 15.4 Å². The first kappa shape index (κ1) is 16.7.